The number of aromatic hydroxyl groups is 1. The second kappa shape index (κ2) is 18.2. The molecule has 0 aliphatic rings. The van der Waals surface area contributed by atoms with Crippen LogP contribution in [0.5, 0.6) is 17.2 Å². The van der Waals surface area contributed by atoms with Crippen LogP contribution in [0.2, 0.25) is 0 Å². The maximum atomic E-state index is 12.8. The van der Waals surface area contributed by atoms with Crippen molar-refractivity contribution in [3.63, 3.8) is 0 Å². The number of carbonyl (C=O) groups is 2. The number of phenolic OH excluding ortho intramolecular Hbond substituents is 1. The van der Waals surface area contributed by atoms with Crippen molar-refractivity contribution in [1.82, 2.24) is 0 Å². The topological polar surface area (TPSA) is 72.8 Å². The van der Waals surface area contributed by atoms with E-state index in [-0.39, 0.29) is 22.8 Å². The monoisotopic (exact) mass is 560 g/mol. The predicted octanol–water partition coefficient (Wildman–Crippen LogP) is 10.2. The summed E-state index contributed by atoms with van der Waals surface area (Å²) < 4.78 is 11.5. The van der Waals surface area contributed by atoms with Gasteiger partial charge in [0.1, 0.15) is 17.2 Å². The molecule has 0 radical (unpaired) electrons. The molecule has 0 unspecified atom stereocenters. The number of hydrogen-bond acceptors (Lipinski definition) is 5. The number of esters is 1. The van der Waals surface area contributed by atoms with Crippen molar-refractivity contribution in [2.24, 2.45) is 0 Å². The van der Waals surface area contributed by atoms with E-state index in [1.54, 1.807) is 18.2 Å². The second-order valence-electron chi connectivity index (χ2n) is 11.1. The van der Waals surface area contributed by atoms with Crippen LogP contribution >= 0.6 is 0 Å². The van der Waals surface area contributed by atoms with Gasteiger partial charge in [-0.3, -0.25) is 4.79 Å². The molecule has 222 valence electrons. The summed E-state index contributed by atoms with van der Waals surface area (Å²) in [6.07, 6.45) is 17.4. The van der Waals surface area contributed by atoms with Gasteiger partial charge in [-0.15, -0.1) is 0 Å². The number of benzene rings is 3. The van der Waals surface area contributed by atoms with E-state index in [1.807, 2.05) is 24.3 Å². The molecule has 5 nitrogen and oxygen atoms in total. The molecular formula is C36H48O5. The van der Waals surface area contributed by atoms with Crippen molar-refractivity contribution in [2.75, 3.05) is 6.61 Å². The molecule has 0 amide bonds. The van der Waals surface area contributed by atoms with Gasteiger partial charge >= 0.3 is 5.97 Å². The fourth-order valence-electron chi connectivity index (χ4n) is 5.04. The lowest BCUT2D eigenvalue weighted by Gasteiger charge is -2.10. The largest absolute Gasteiger partial charge is 0.507 e. The van der Waals surface area contributed by atoms with E-state index in [2.05, 4.69) is 13.8 Å². The molecule has 5 heteroatoms. The van der Waals surface area contributed by atoms with Gasteiger partial charge in [0.05, 0.1) is 17.7 Å². The Labute approximate surface area is 246 Å². The van der Waals surface area contributed by atoms with Crippen molar-refractivity contribution >= 4 is 22.5 Å². The standard InChI is InChI=1S/C36H48O5/c1-3-5-7-9-10-11-12-13-14-16-24-40-31-21-20-28-25-30(19-18-29(28)26-31)36(39)41-32-22-23-33(35(38)27-32)34(37)17-15-8-6-4-2/h18-23,25-27,38H,3-17,24H2,1-2H3. The fourth-order valence-corrected chi connectivity index (χ4v) is 5.04. The number of Topliss-reactive ketones (excluding diaryl/α,β-unsaturated/α-hetero) is 1. The van der Waals surface area contributed by atoms with E-state index in [1.165, 1.54) is 69.9 Å². The zero-order chi connectivity index (χ0) is 29.3. The highest BCUT2D eigenvalue weighted by Crippen LogP contribution is 2.27. The third kappa shape index (κ3) is 11.2. The van der Waals surface area contributed by atoms with Crippen LogP contribution in [0, 0.1) is 0 Å². The molecule has 3 aromatic carbocycles. The number of hydrogen-bond donors (Lipinski definition) is 1. The molecule has 0 aliphatic carbocycles. The number of fused-ring (bicyclic) bond motifs is 1. The van der Waals surface area contributed by atoms with Crippen LogP contribution in [0.3, 0.4) is 0 Å². The minimum absolute atomic E-state index is 0.0992. The van der Waals surface area contributed by atoms with E-state index in [4.69, 9.17) is 9.47 Å². The molecule has 1 N–H and O–H groups in total. The molecule has 3 rings (SSSR count). The van der Waals surface area contributed by atoms with Gasteiger partial charge in [0, 0.05) is 12.5 Å². The molecule has 0 aliphatic heterocycles. The Bertz CT molecular complexity index is 1230. The van der Waals surface area contributed by atoms with Crippen LogP contribution in [0.4, 0.5) is 0 Å². The summed E-state index contributed by atoms with van der Waals surface area (Å²) in [5.74, 6) is 0.244. The van der Waals surface area contributed by atoms with Crippen LogP contribution in [0.25, 0.3) is 10.8 Å². The lowest BCUT2D eigenvalue weighted by atomic mass is 10.0. The molecule has 0 atom stereocenters. The lowest BCUT2D eigenvalue weighted by Crippen LogP contribution is -2.09. The number of ether oxygens (including phenoxy) is 2. The summed E-state index contributed by atoms with van der Waals surface area (Å²) in [5.41, 5.74) is 0.672. The van der Waals surface area contributed by atoms with E-state index >= 15 is 0 Å². The molecule has 0 spiro atoms. The molecule has 41 heavy (non-hydrogen) atoms. The average Bonchev–Trinajstić information content (AvgIpc) is 2.97. The Hall–Kier alpha value is -3.34. The Kier molecular flexibility index (Phi) is 14.3. The second-order valence-corrected chi connectivity index (χ2v) is 11.1. The summed E-state index contributed by atoms with van der Waals surface area (Å²) in [4.78, 5) is 25.2. The SMILES string of the molecule is CCCCCCCCCCCCOc1ccc2cc(C(=O)Oc3ccc(C(=O)CCCCCC)c(O)c3)ccc2c1. The highest BCUT2D eigenvalue weighted by atomic mass is 16.5. The van der Waals surface area contributed by atoms with Crippen LogP contribution in [0.15, 0.2) is 54.6 Å². The zero-order valence-corrected chi connectivity index (χ0v) is 25.1. The molecule has 0 bridgehead atoms. The predicted molar refractivity (Wildman–Crippen MR) is 167 cm³/mol. The van der Waals surface area contributed by atoms with Gasteiger partial charge in [0.15, 0.2) is 5.78 Å². The first kappa shape index (κ1) is 32.2. The van der Waals surface area contributed by atoms with E-state index in [0.29, 0.717) is 18.6 Å². The summed E-state index contributed by atoms with van der Waals surface area (Å²) in [6.45, 7) is 5.09. The summed E-state index contributed by atoms with van der Waals surface area (Å²) in [6, 6.07) is 15.7. The molecule has 0 aromatic heterocycles. The van der Waals surface area contributed by atoms with Crippen molar-refractivity contribution in [3.8, 4) is 17.2 Å². The van der Waals surface area contributed by atoms with Gasteiger partial charge in [-0.05, 0) is 60.0 Å². The van der Waals surface area contributed by atoms with Crippen molar-refractivity contribution in [2.45, 2.75) is 110 Å². The average molecular weight is 561 g/mol. The Morgan fingerprint density at radius 1 is 0.634 bits per heavy atom. The summed E-state index contributed by atoms with van der Waals surface area (Å²) in [7, 11) is 0. The van der Waals surface area contributed by atoms with Crippen LogP contribution in [-0.4, -0.2) is 23.5 Å². The highest BCUT2D eigenvalue weighted by Gasteiger charge is 2.15. The maximum absolute atomic E-state index is 12.8. The Morgan fingerprint density at radius 3 is 1.90 bits per heavy atom. The number of unbranched alkanes of at least 4 members (excludes halogenated alkanes) is 12. The minimum atomic E-state index is -0.522. The van der Waals surface area contributed by atoms with E-state index in [0.717, 1.165) is 48.6 Å². The third-order valence-electron chi connectivity index (χ3n) is 7.55. The van der Waals surface area contributed by atoms with Crippen molar-refractivity contribution < 1.29 is 24.2 Å². The van der Waals surface area contributed by atoms with Gasteiger partial charge in [-0.2, -0.15) is 0 Å². The van der Waals surface area contributed by atoms with Crippen LogP contribution in [0.1, 0.15) is 131 Å². The molecule has 0 saturated heterocycles. The van der Waals surface area contributed by atoms with E-state index in [9.17, 15) is 14.7 Å². The van der Waals surface area contributed by atoms with Gasteiger partial charge in [0.2, 0.25) is 0 Å². The third-order valence-corrected chi connectivity index (χ3v) is 7.55. The Balaban J connectivity index is 1.44. The lowest BCUT2D eigenvalue weighted by molar-refractivity contribution is 0.0734. The zero-order valence-electron chi connectivity index (χ0n) is 25.1. The quantitative estimate of drug-likeness (QED) is 0.0644. The van der Waals surface area contributed by atoms with Crippen LogP contribution in [-0.2, 0) is 0 Å². The summed E-state index contributed by atoms with van der Waals surface area (Å²) >= 11 is 0. The summed E-state index contributed by atoms with van der Waals surface area (Å²) in [5, 5.41) is 12.3. The molecule has 0 saturated carbocycles. The number of phenols is 1. The maximum Gasteiger partial charge on any atom is 0.343 e. The van der Waals surface area contributed by atoms with Gasteiger partial charge < -0.3 is 14.6 Å². The molecular weight excluding hydrogens is 512 g/mol. The Morgan fingerprint density at radius 2 is 1.22 bits per heavy atom. The minimum Gasteiger partial charge on any atom is -0.507 e. The van der Waals surface area contributed by atoms with Gasteiger partial charge in [-0.1, -0.05) is 103 Å². The normalized spacial score (nSPS) is 11.1. The first-order valence-electron chi connectivity index (χ1n) is 15.8. The molecule has 3 aromatic rings. The number of rotatable bonds is 20. The van der Waals surface area contributed by atoms with Gasteiger partial charge in [-0.25, -0.2) is 4.79 Å². The first-order valence-corrected chi connectivity index (χ1v) is 15.8. The number of ketones is 1. The van der Waals surface area contributed by atoms with E-state index < -0.39 is 5.97 Å². The smallest absolute Gasteiger partial charge is 0.343 e. The fraction of sp³-hybridized carbons (Fsp3) is 0.500. The van der Waals surface area contributed by atoms with Crippen molar-refractivity contribution in [3.05, 3.63) is 65.7 Å². The van der Waals surface area contributed by atoms with Crippen molar-refractivity contribution in [1.29, 1.82) is 0 Å². The van der Waals surface area contributed by atoms with Gasteiger partial charge in [0.25, 0.3) is 0 Å². The van der Waals surface area contributed by atoms with Crippen LogP contribution < -0.4 is 9.47 Å². The molecule has 0 heterocycles. The first-order chi connectivity index (χ1) is 20.0. The number of carbonyl (C=O) groups excluding carboxylic acids is 2. The molecule has 0 fully saturated rings. The highest BCUT2D eigenvalue weighted by molar-refractivity contribution is 5.99.